The molecule has 0 aliphatic rings. The Morgan fingerprint density at radius 3 is 2.61 bits per heavy atom. The van der Waals surface area contributed by atoms with E-state index in [1.807, 2.05) is 6.92 Å². The second-order valence-electron chi connectivity index (χ2n) is 5.18. The van der Waals surface area contributed by atoms with Crippen LogP contribution < -0.4 is 5.73 Å². The second-order valence-corrected chi connectivity index (χ2v) is 5.18. The molecule has 0 amide bonds. The number of carbonyl (C=O) groups excluding carboxylic acids is 1. The van der Waals surface area contributed by atoms with E-state index in [1.54, 1.807) is 26.0 Å². The van der Waals surface area contributed by atoms with Crippen molar-refractivity contribution in [2.45, 2.75) is 38.6 Å². The van der Waals surface area contributed by atoms with Gasteiger partial charge in [0.05, 0.1) is 13.5 Å². The maximum Gasteiger partial charge on any atom is 0.306 e. The first-order chi connectivity index (χ1) is 8.25. The van der Waals surface area contributed by atoms with E-state index in [1.165, 1.54) is 13.2 Å². The Labute approximate surface area is 107 Å². The average Bonchev–Trinajstić information content (AvgIpc) is 2.27. The van der Waals surface area contributed by atoms with Crippen molar-refractivity contribution in [1.82, 2.24) is 0 Å². The SMILES string of the molecule is COC(=O)CC(c1cc(C)ccc1F)C(C)(C)N. The van der Waals surface area contributed by atoms with E-state index < -0.39 is 11.5 Å². The summed E-state index contributed by atoms with van der Waals surface area (Å²) in [5, 5.41) is 0. The number of hydrogen-bond donors (Lipinski definition) is 1. The number of benzene rings is 1. The Kier molecular flexibility index (Phi) is 4.46. The van der Waals surface area contributed by atoms with E-state index in [-0.39, 0.29) is 18.2 Å². The topological polar surface area (TPSA) is 52.3 Å². The van der Waals surface area contributed by atoms with Gasteiger partial charge in [-0.1, -0.05) is 17.7 Å². The van der Waals surface area contributed by atoms with Gasteiger partial charge in [-0.05, 0) is 32.4 Å². The highest BCUT2D eigenvalue weighted by molar-refractivity contribution is 5.70. The number of aryl methyl sites for hydroxylation is 1. The first-order valence-corrected chi connectivity index (χ1v) is 5.87. The highest BCUT2D eigenvalue weighted by atomic mass is 19.1. The van der Waals surface area contributed by atoms with Gasteiger partial charge in [-0.3, -0.25) is 4.79 Å². The number of methoxy groups -OCH3 is 1. The van der Waals surface area contributed by atoms with Gasteiger partial charge >= 0.3 is 5.97 Å². The molecule has 4 heteroatoms. The molecule has 1 atom stereocenters. The van der Waals surface area contributed by atoms with E-state index in [2.05, 4.69) is 4.74 Å². The highest BCUT2D eigenvalue weighted by Gasteiger charge is 2.31. The summed E-state index contributed by atoms with van der Waals surface area (Å²) < 4.78 is 18.5. The summed E-state index contributed by atoms with van der Waals surface area (Å²) in [6.07, 6.45) is 0.0698. The number of halogens is 1. The van der Waals surface area contributed by atoms with Crippen LogP contribution in [0, 0.1) is 12.7 Å². The summed E-state index contributed by atoms with van der Waals surface area (Å²) in [5.41, 5.74) is 6.76. The van der Waals surface area contributed by atoms with Gasteiger partial charge in [0.1, 0.15) is 5.82 Å². The minimum absolute atomic E-state index is 0.0698. The van der Waals surface area contributed by atoms with E-state index in [9.17, 15) is 9.18 Å². The lowest BCUT2D eigenvalue weighted by atomic mass is 9.80. The Balaban J connectivity index is 3.17. The monoisotopic (exact) mass is 253 g/mol. The van der Waals surface area contributed by atoms with Crippen LogP contribution in [0.1, 0.15) is 37.3 Å². The van der Waals surface area contributed by atoms with Gasteiger partial charge in [-0.25, -0.2) is 4.39 Å². The Morgan fingerprint density at radius 1 is 1.50 bits per heavy atom. The number of esters is 1. The second kappa shape index (κ2) is 5.48. The number of rotatable bonds is 4. The minimum atomic E-state index is -0.706. The van der Waals surface area contributed by atoms with Crippen LogP contribution in [-0.2, 0) is 9.53 Å². The lowest BCUT2D eigenvalue weighted by Gasteiger charge is -2.30. The van der Waals surface area contributed by atoms with Crippen LogP contribution >= 0.6 is 0 Å². The maximum atomic E-state index is 13.9. The first-order valence-electron chi connectivity index (χ1n) is 5.87. The zero-order valence-corrected chi connectivity index (χ0v) is 11.3. The average molecular weight is 253 g/mol. The summed E-state index contributed by atoms with van der Waals surface area (Å²) in [7, 11) is 1.31. The van der Waals surface area contributed by atoms with Crippen LogP contribution in [0.5, 0.6) is 0 Å². The molecule has 0 heterocycles. The number of hydrogen-bond acceptors (Lipinski definition) is 3. The Morgan fingerprint density at radius 2 is 2.11 bits per heavy atom. The molecule has 2 N–H and O–H groups in total. The standard InChI is InChI=1S/C14H20FNO2/c1-9-5-6-12(15)10(7-9)11(14(2,3)16)8-13(17)18-4/h5-7,11H,8,16H2,1-4H3. The summed E-state index contributed by atoms with van der Waals surface area (Å²) in [6, 6.07) is 4.83. The summed E-state index contributed by atoms with van der Waals surface area (Å²) in [4.78, 5) is 11.4. The predicted octanol–water partition coefficient (Wildman–Crippen LogP) is 2.52. The zero-order valence-electron chi connectivity index (χ0n) is 11.3. The van der Waals surface area contributed by atoms with Gasteiger partial charge in [0.25, 0.3) is 0 Å². The van der Waals surface area contributed by atoms with Crippen molar-refractivity contribution < 1.29 is 13.9 Å². The fourth-order valence-electron chi connectivity index (χ4n) is 1.95. The molecule has 18 heavy (non-hydrogen) atoms. The van der Waals surface area contributed by atoms with Gasteiger partial charge in [0.15, 0.2) is 0 Å². The molecule has 3 nitrogen and oxygen atoms in total. The number of carbonyl (C=O) groups is 1. The van der Waals surface area contributed by atoms with Crippen LogP contribution in [0.2, 0.25) is 0 Å². The van der Waals surface area contributed by atoms with Crippen LogP contribution in [0.25, 0.3) is 0 Å². The van der Waals surface area contributed by atoms with Gasteiger partial charge in [0.2, 0.25) is 0 Å². The maximum absolute atomic E-state index is 13.9. The number of ether oxygens (including phenoxy) is 1. The lowest BCUT2D eigenvalue weighted by Crippen LogP contribution is -2.41. The molecule has 1 aromatic rings. The summed E-state index contributed by atoms with van der Waals surface area (Å²) in [6.45, 7) is 5.44. The molecular weight excluding hydrogens is 233 g/mol. The van der Waals surface area contributed by atoms with Gasteiger partial charge < -0.3 is 10.5 Å². The molecule has 1 aromatic carbocycles. The Bertz CT molecular complexity index is 438. The first kappa shape index (κ1) is 14.6. The molecule has 0 aliphatic carbocycles. The third-order valence-electron chi connectivity index (χ3n) is 3.02. The fourth-order valence-corrected chi connectivity index (χ4v) is 1.95. The largest absolute Gasteiger partial charge is 0.469 e. The molecule has 1 unspecified atom stereocenters. The Hall–Kier alpha value is -1.42. The van der Waals surface area contributed by atoms with E-state index in [4.69, 9.17) is 5.73 Å². The summed E-state index contributed by atoms with van der Waals surface area (Å²) >= 11 is 0. The molecular formula is C14H20FNO2. The van der Waals surface area contributed by atoms with E-state index in [0.717, 1.165) is 5.56 Å². The molecule has 1 rings (SSSR count). The van der Waals surface area contributed by atoms with Crippen LogP contribution in [0.3, 0.4) is 0 Å². The molecule has 0 saturated carbocycles. The molecule has 0 radical (unpaired) electrons. The molecule has 0 saturated heterocycles. The molecule has 0 fully saturated rings. The lowest BCUT2D eigenvalue weighted by molar-refractivity contribution is -0.141. The predicted molar refractivity (Wildman–Crippen MR) is 68.8 cm³/mol. The normalized spacial score (nSPS) is 13.2. The quantitative estimate of drug-likeness (QED) is 0.839. The molecule has 0 aromatic heterocycles. The number of nitrogens with two attached hydrogens (primary N) is 1. The van der Waals surface area contributed by atoms with Crippen molar-refractivity contribution in [3.63, 3.8) is 0 Å². The summed E-state index contributed by atoms with van der Waals surface area (Å²) in [5.74, 6) is -1.14. The fraction of sp³-hybridized carbons (Fsp3) is 0.500. The van der Waals surface area contributed by atoms with Gasteiger partial charge in [0, 0.05) is 11.5 Å². The van der Waals surface area contributed by atoms with Crippen molar-refractivity contribution in [3.05, 3.63) is 35.1 Å². The minimum Gasteiger partial charge on any atom is -0.469 e. The zero-order chi connectivity index (χ0) is 13.9. The smallest absolute Gasteiger partial charge is 0.306 e. The third kappa shape index (κ3) is 3.53. The highest BCUT2D eigenvalue weighted by Crippen LogP contribution is 2.32. The van der Waals surface area contributed by atoms with Crippen molar-refractivity contribution in [3.8, 4) is 0 Å². The molecule has 0 spiro atoms. The molecule has 100 valence electrons. The third-order valence-corrected chi connectivity index (χ3v) is 3.02. The van der Waals surface area contributed by atoms with Gasteiger partial charge in [-0.15, -0.1) is 0 Å². The van der Waals surface area contributed by atoms with Crippen LogP contribution in [-0.4, -0.2) is 18.6 Å². The van der Waals surface area contributed by atoms with Crippen LogP contribution in [0.4, 0.5) is 4.39 Å². The van der Waals surface area contributed by atoms with E-state index >= 15 is 0 Å². The van der Waals surface area contributed by atoms with Gasteiger partial charge in [-0.2, -0.15) is 0 Å². The van der Waals surface area contributed by atoms with Crippen molar-refractivity contribution in [2.75, 3.05) is 7.11 Å². The van der Waals surface area contributed by atoms with Crippen molar-refractivity contribution in [2.24, 2.45) is 5.73 Å². The van der Waals surface area contributed by atoms with Crippen molar-refractivity contribution in [1.29, 1.82) is 0 Å². The molecule has 0 bridgehead atoms. The van der Waals surface area contributed by atoms with E-state index in [0.29, 0.717) is 5.56 Å². The molecule has 0 aliphatic heterocycles. The van der Waals surface area contributed by atoms with Crippen LogP contribution in [0.15, 0.2) is 18.2 Å². The van der Waals surface area contributed by atoms with Crippen molar-refractivity contribution >= 4 is 5.97 Å².